The molecule has 2 aromatic rings. The minimum atomic E-state index is -0.450. The van der Waals surface area contributed by atoms with Crippen LogP contribution < -0.4 is 0 Å². The van der Waals surface area contributed by atoms with Crippen molar-refractivity contribution in [1.29, 1.82) is 0 Å². The Morgan fingerprint density at radius 2 is 1.80 bits per heavy atom. The standard InChI is InChI=1S/C19H22N2O4/c1-4-24-18(22)11-10-17-15(12-19(23)25-5-2)13-21(20-17)16-8-6-14(3)7-9-16/h6-11,13H,4-5,12H2,1-3H3/b11-10+. The molecule has 0 saturated carbocycles. The van der Waals surface area contributed by atoms with E-state index >= 15 is 0 Å². The molecule has 1 heterocycles. The van der Waals surface area contributed by atoms with Gasteiger partial charge in [0, 0.05) is 17.8 Å². The Labute approximate surface area is 147 Å². The van der Waals surface area contributed by atoms with E-state index in [0.717, 1.165) is 11.3 Å². The normalized spacial score (nSPS) is 10.8. The lowest BCUT2D eigenvalue weighted by Gasteiger charge is -2.01. The molecule has 2 rings (SSSR count). The van der Waals surface area contributed by atoms with Gasteiger partial charge in [-0.3, -0.25) is 4.79 Å². The highest BCUT2D eigenvalue weighted by molar-refractivity contribution is 5.87. The largest absolute Gasteiger partial charge is 0.466 e. The third-order valence-electron chi connectivity index (χ3n) is 3.43. The van der Waals surface area contributed by atoms with Gasteiger partial charge < -0.3 is 9.47 Å². The summed E-state index contributed by atoms with van der Waals surface area (Å²) in [6.07, 6.45) is 4.71. The van der Waals surface area contributed by atoms with E-state index in [1.54, 1.807) is 30.8 Å². The zero-order chi connectivity index (χ0) is 18.2. The van der Waals surface area contributed by atoms with Crippen molar-refractivity contribution in [1.82, 2.24) is 9.78 Å². The van der Waals surface area contributed by atoms with E-state index in [4.69, 9.17) is 9.47 Å². The number of aryl methyl sites for hydroxylation is 1. The van der Waals surface area contributed by atoms with Crippen molar-refractivity contribution in [2.45, 2.75) is 27.2 Å². The first-order chi connectivity index (χ1) is 12.0. The van der Waals surface area contributed by atoms with Crippen molar-refractivity contribution in [3.05, 3.63) is 53.4 Å². The molecule has 1 aromatic carbocycles. The Bertz CT molecular complexity index is 760. The van der Waals surface area contributed by atoms with E-state index in [-0.39, 0.29) is 12.4 Å². The van der Waals surface area contributed by atoms with Gasteiger partial charge in [-0.1, -0.05) is 17.7 Å². The van der Waals surface area contributed by atoms with Gasteiger partial charge in [0.1, 0.15) is 0 Å². The van der Waals surface area contributed by atoms with E-state index in [0.29, 0.717) is 24.5 Å². The number of esters is 2. The molecule has 0 aliphatic rings. The van der Waals surface area contributed by atoms with Gasteiger partial charge in [0.2, 0.25) is 0 Å². The smallest absolute Gasteiger partial charge is 0.330 e. The molecule has 6 heteroatoms. The van der Waals surface area contributed by atoms with Crippen LogP contribution in [0.3, 0.4) is 0 Å². The summed E-state index contributed by atoms with van der Waals surface area (Å²) in [4.78, 5) is 23.4. The van der Waals surface area contributed by atoms with Gasteiger partial charge in [0.05, 0.1) is 31.0 Å². The zero-order valence-corrected chi connectivity index (χ0v) is 14.7. The molecule has 0 N–H and O–H groups in total. The van der Waals surface area contributed by atoms with Crippen LogP contribution in [0.4, 0.5) is 0 Å². The summed E-state index contributed by atoms with van der Waals surface area (Å²) in [6, 6.07) is 7.84. The second-order valence-electron chi connectivity index (χ2n) is 5.39. The van der Waals surface area contributed by atoms with Crippen molar-refractivity contribution in [3.63, 3.8) is 0 Å². The molecule has 0 fully saturated rings. The molecule has 0 saturated heterocycles. The predicted octanol–water partition coefficient (Wildman–Crippen LogP) is 2.86. The number of hydrogen-bond acceptors (Lipinski definition) is 5. The highest BCUT2D eigenvalue weighted by Crippen LogP contribution is 2.16. The van der Waals surface area contributed by atoms with Crippen LogP contribution in [0, 0.1) is 6.92 Å². The van der Waals surface area contributed by atoms with E-state index in [1.165, 1.54) is 6.08 Å². The molecule has 0 atom stereocenters. The van der Waals surface area contributed by atoms with Gasteiger partial charge in [0.25, 0.3) is 0 Å². The third kappa shape index (κ3) is 5.31. The van der Waals surface area contributed by atoms with Crippen LogP contribution >= 0.6 is 0 Å². The van der Waals surface area contributed by atoms with Crippen molar-refractivity contribution in [2.75, 3.05) is 13.2 Å². The summed E-state index contributed by atoms with van der Waals surface area (Å²) in [6.45, 7) is 6.13. The lowest BCUT2D eigenvalue weighted by atomic mass is 10.1. The molecule has 132 valence electrons. The molecule has 0 aliphatic heterocycles. The molecule has 0 amide bonds. The SMILES string of the molecule is CCOC(=O)/C=C/c1nn(-c2ccc(C)cc2)cc1CC(=O)OCC. The summed E-state index contributed by atoms with van der Waals surface area (Å²) in [7, 11) is 0. The van der Waals surface area contributed by atoms with E-state index < -0.39 is 5.97 Å². The third-order valence-corrected chi connectivity index (χ3v) is 3.43. The zero-order valence-electron chi connectivity index (χ0n) is 14.7. The lowest BCUT2D eigenvalue weighted by molar-refractivity contribution is -0.142. The molecule has 0 aliphatic carbocycles. The van der Waals surface area contributed by atoms with E-state index in [2.05, 4.69) is 5.10 Å². The molecule has 6 nitrogen and oxygen atoms in total. The fraction of sp³-hybridized carbons (Fsp3) is 0.316. The van der Waals surface area contributed by atoms with E-state index in [9.17, 15) is 9.59 Å². The van der Waals surface area contributed by atoms with Gasteiger partial charge >= 0.3 is 11.9 Å². The first-order valence-electron chi connectivity index (χ1n) is 8.19. The van der Waals surface area contributed by atoms with Crippen LogP contribution in [0.2, 0.25) is 0 Å². The van der Waals surface area contributed by atoms with Crippen LogP contribution in [0.15, 0.2) is 36.5 Å². The maximum absolute atomic E-state index is 11.8. The summed E-state index contributed by atoms with van der Waals surface area (Å²) in [5.74, 6) is -0.786. The summed E-state index contributed by atoms with van der Waals surface area (Å²) < 4.78 is 11.6. The topological polar surface area (TPSA) is 70.4 Å². The van der Waals surface area contributed by atoms with Crippen molar-refractivity contribution >= 4 is 18.0 Å². The molecule has 0 radical (unpaired) electrons. The second-order valence-corrected chi connectivity index (χ2v) is 5.39. The monoisotopic (exact) mass is 342 g/mol. The van der Waals surface area contributed by atoms with Crippen molar-refractivity contribution in [2.24, 2.45) is 0 Å². The van der Waals surface area contributed by atoms with Gasteiger partial charge in [-0.25, -0.2) is 9.48 Å². The fourth-order valence-corrected chi connectivity index (χ4v) is 2.23. The van der Waals surface area contributed by atoms with Crippen LogP contribution in [0.25, 0.3) is 11.8 Å². The summed E-state index contributed by atoms with van der Waals surface area (Å²) in [5.41, 5.74) is 3.22. The van der Waals surface area contributed by atoms with Crippen LogP contribution in [-0.2, 0) is 25.5 Å². The Balaban J connectivity index is 2.31. The maximum Gasteiger partial charge on any atom is 0.330 e. The Hall–Kier alpha value is -2.89. The number of benzene rings is 1. The average molecular weight is 342 g/mol. The molecule has 25 heavy (non-hydrogen) atoms. The molecule has 1 aromatic heterocycles. The first kappa shape index (κ1) is 18.4. The Kier molecular flexibility index (Phi) is 6.51. The predicted molar refractivity (Wildman–Crippen MR) is 94.3 cm³/mol. The number of nitrogens with zero attached hydrogens (tertiary/aromatic N) is 2. The second kappa shape index (κ2) is 8.82. The Morgan fingerprint density at radius 3 is 2.44 bits per heavy atom. The number of aromatic nitrogens is 2. The lowest BCUT2D eigenvalue weighted by Crippen LogP contribution is -2.07. The quantitative estimate of drug-likeness (QED) is 0.571. The highest BCUT2D eigenvalue weighted by Gasteiger charge is 2.13. The first-order valence-corrected chi connectivity index (χ1v) is 8.19. The summed E-state index contributed by atoms with van der Waals surface area (Å²) >= 11 is 0. The van der Waals surface area contributed by atoms with Gasteiger partial charge in [-0.05, 0) is 39.0 Å². The number of rotatable bonds is 7. The van der Waals surface area contributed by atoms with Crippen LogP contribution in [0.1, 0.15) is 30.7 Å². The molecule has 0 bridgehead atoms. The number of ether oxygens (including phenoxy) is 2. The average Bonchev–Trinajstić information content (AvgIpc) is 2.97. The van der Waals surface area contributed by atoms with Gasteiger partial charge in [-0.2, -0.15) is 5.10 Å². The van der Waals surface area contributed by atoms with Crippen LogP contribution in [0.5, 0.6) is 0 Å². The maximum atomic E-state index is 11.8. The minimum absolute atomic E-state index is 0.0855. The van der Waals surface area contributed by atoms with Crippen LogP contribution in [-0.4, -0.2) is 34.9 Å². The number of carbonyl (C=O) groups excluding carboxylic acids is 2. The van der Waals surface area contributed by atoms with Crippen molar-refractivity contribution in [3.8, 4) is 5.69 Å². The number of carbonyl (C=O) groups is 2. The van der Waals surface area contributed by atoms with Gasteiger partial charge in [0.15, 0.2) is 0 Å². The minimum Gasteiger partial charge on any atom is -0.466 e. The highest BCUT2D eigenvalue weighted by atomic mass is 16.5. The molecular weight excluding hydrogens is 320 g/mol. The Morgan fingerprint density at radius 1 is 1.12 bits per heavy atom. The van der Waals surface area contributed by atoms with E-state index in [1.807, 2.05) is 31.2 Å². The molecule has 0 unspecified atom stereocenters. The number of hydrogen-bond donors (Lipinski definition) is 0. The summed E-state index contributed by atoms with van der Waals surface area (Å²) in [5, 5.41) is 4.47. The molecular formula is C19H22N2O4. The van der Waals surface area contributed by atoms with Gasteiger partial charge in [-0.15, -0.1) is 0 Å². The molecule has 0 spiro atoms. The fourth-order valence-electron chi connectivity index (χ4n) is 2.23. The van der Waals surface area contributed by atoms with Crippen molar-refractivity contribution < 1.29 is 19.1 Å².